The van der Waals surface area contributed by atoms with Gasteiger partial charge in [-0.1, -0.05) is 0 Å². The summed E-state index contributed by atoms with van der Waals surface area (Å²) in [4.78, 5) is 22.9. The highest BCUT2D eigenvalue weighted by molar-refractivity contribution is 5.98. The minimum Gasteiger partial charge on any atom is -0.478 e. The Morgan fingerprint density at radius 1 is 1.11 bits per heavy atom. The molecule has 19 heavy (non-hydrogen) atoms. The third-order valence-corrected chi connectivity index (χ3v) is 2.79. The van der Waals surface area contributed by atoms with Crippen molar-refractivity contribution < 1.29 is 24.2 Å². The molecule has 0 atom stereocenters. The zero-order valence-corrected chi connectivity index (χ0v) is 9.70. The van der Waals surface area contributed by atoms with Gasteiger partial charge in [-0.15, -0.1) is 0 Å². The molecule has 96 valence electrons. The number of nitrogens with zero attached hydrogens (tertiary/aromatic N) is 1. The smallest absolute Gasteiger partial charge is 0.337 e. The van der Waals surface area contributed by atoms with Gasteiger partial charge in [0.1, 0.15) is 0 Å². The SMILES string of the molecule is O=C(O)c1ccn(C(=O)c2ccc3c(c2)OCO3)c1. The van der Waals surface area contributed by atoms with Crippen LogP contribution in [0.1, 0.15) is 20.7 Å². The first-order valence-corrected chi connectivity index (χ1v) is 5.51. The molecule has 3 rings (SSSR count). The van der Waals surface area contributed by atoms with E-state index in [4.69, 9.17) is 14.6 Å². The molecule has 6 nitrogen and oxygen atoms in total. The fourth-order valence-corrected chi connectivity index (χ4v) is 1.83. The second-order valence-corrected chi connectivity index (χ2v) is 3.99. The van der Waals surface area contributed by atoms with Crippen LogP contribution in [-0.2, 0) is 0 Å². The van der Waals surface area contributed by atoms with Crippen molar-refractivity contribution in [3.05, 3.63) is 47.8 Å². The average molecular weight is 259 g/mol. The summed E-state index contributed by atoms with van der Waals surface area (Å²) in [5.41, 5.74) is 0.464. The Morgan fingerprint density at radius 3 is 2.63 bits per heavy atom. The number of benzene rings is 1. The van der Waals surface area contributed by atoms with Crippen molar-refractivity contribution in [1.29, 1.82) is 0 Å². The van der Waals surface area contributed by atoms with Crippen LogP contribution >= 0.6 is 0 Å². The highest BCUT2D eigenvalue weighted by Crippen LogP contribution is 2.32. The van der Waals surface area contributed by atoms with E-state index < -0.39 is 5.97 Å². The number of carboxylic acids is 1. The maximum atomic E-state index is 12.2. The second kappa shape index (κ2) is 4.16. The van der Waals surface area contributed by atoms with Gasteiger partial charge in [0.15, 0.2) is 11.5 Å². The van der Waals surface area contributed by atoms with Crippen LogP contribution in [0.4, 0.5) is 0 Å². The third-order valence-electron chi connectivity index (χ3n) is 2.79. The van der Waals surface area contributed by atoms with E-state index in [0.29, 0.717) is 17.1 Å². The fraction of sp³-hybridized carbons (Fsp3) is 0.0769. The number of hydrogen-bond donors (Lipinski definition) is 1. The quantitative estimate of drug-likeness (QED) is 0.886. The molecule has 0 saturated heterocycles. The Morgan fingerprint density at radius 2 is 1.89 bits per heavy atom. The number of carbonyl (C=O) groups excluding carboxylic acids is 1. The summed E-state index contributed by atoms with van der Waals surface area (Å²) in [6.07, 6.45) is 2.69. The van der Waals surface area contributed by atoms with Gasteiger partial charge in [0.2, 0.25) is 6.79 Å². The van der Waals surface area contributed by atoms with Gasteiger partial charge in [-0.25, -0.2) is 4.79 Å². The molecule has 1 aromatic heterocycles. The summed E-state index contributed by atoms with van der Waals surface area (Å²) < 4.78 is 11.6. The van der Waals surface area contributed by atoms with Gasteiger partial charge in [0.05, 0.1) is 5.56 Å². The number of hydrogen-bond acceptors (Lipinski definition) is 4. The molecular formula is C13H9NO5. The molecular weight excluding hydrogens is 250 g/mol. The lowest BCUT2D eigenvalue weighted by Gasteiger charge is -2.03. The first kappa shape index (κ1) is 11.3. The minimum absolute atomic E-state index is 0.0640. The Kier molecular flexibility index (Phi) is 2.49. The lowest BCUT2D eigenvalue weighted by atomic mass is 10.2. The molecule has 1 aromatic carbocycles. The highest BCUT2D eigenvalue weighted by Gasteiger charge is 2.17. The fourth-order valence-electron chi connectivity index (χ4n) is 1.83. The zero-order chi connectivity index (χ0) is 13.4. The summed E-state index contributed by atoms with van der Waals surface area (Å²) in [5, 5.41) is 8.82. The van der Waals surface area contributed by atoms with Crippen LogP contribution < -0.4 is 9.47 Å². The molecule has 0 radical (unpaired) electrons. The number of aromatic nitrogens is 1. The van der Waals surface area contributed by atoms with Crippen molar-refractivity contribution in [2.75, 3.05) is 6.79 Å². The van der Waals surface area contributed by atoms with Gasteiger partial charge in [0, 0.05) is 18.0 Å². The Balaban J connectivity index is 1.92. The van der Waals surface area contributed by atoms with Gasteiger partial charge in [-0.3, -0.25) is 9.36 Å². The molecule has 0 saturated carbocycles. The second-order valence-electron chi connectivity index (χ2n) is 3.99. The number of fused-ring (bicyclic) bond motifs is 1. The maximum absolute atomic E-state index is 12.2. The summed E-state index contributed by atoms with van der Waals surface area (Å²) in [6.45, 7) is 0.139. The van der Waals surface area contributed by atoms with Crippen LogP contribution in [0.2, 0.25) is 0 Å². The van der Waals surface area contributed by atoms with Crippen molar-refractivity contribution in [3.8, 4) is 11.5 Å². The molecule has 1 aliphatic heterocycles. The van der Waals surface area contributed by atoms with Gasteiger partial charge < -0.3 is 14.6 Å². The first-order valence-electron chi connectivity index (χ1n) is 5.51. The van der Waals surface area contributed by atoms with E-state index in [-0.39, 0.29) is 18.3 Å². The number of rotatable bonds is 2. The van der Waals surface area contributed by atoms with E-state index in [1.165, 1.54) is 23.0 Å². The molecule has 6 heteroatoms. The summed E-state index contributed by atoms with van der Waals surface area (Å²) >= 11 is 0. The molecule has 2 aromatic rings. The predicted octanol–water partition coefficient (Wildman–Crippen LogP) is 1.60. The van der Waals surface area contributed by atoms with Crippen LogP contribution in [0.25, 0.3) is 0 Å². The van der Waals surface area contributed by atoms with Gasteiger partial charge in [-0.05, 0) is 24.3 Å². The van der Waals surface area contributed by atoms with Gasteiger partial charge >= 0.3 is 5.97 Å². The number of carboxylic acid groups (broad SMARTS) is 1. The Labute approximate surface area is 107 Å². The maximum Gasteiger partial charge on any atom is 0.337 e. The molecule has 0 amide bonds. The van der Waals surface area contributed by atoms with Crippen molar-refractivity contribution in [3.63, 3.8) is 0 Å². The van der Waals surface area contributed by atoms with Crippen LogP contribution in [-0.4, -0.2) is 28.3 Å². The van der Waals surface area contributed by atoms with Crippen molar-refractivity contribution in [1.82, 2.24) is 4.57 Å². The van der Waals surface area contributed by atoms with E-state index in [1.807, 2.05) is 0 Å². The van der Waals surface area contributed by atoms with Crippen molar-refractivity contribution in [2.24, 2.45) is 0 Å². The summed E-state index contributed by atoms with van der Waals surface area (Å²) in [5.74, 6) is -0.296. The Hall–Kier alpha value is -2.76. The molecule has 2 heterocycles. The van der Waals surface area contributed by atoms with E-state index >= 15 is 0 Å². The molecule has 0 bridgehead atoms. The van der Waals surface area contributed by atoms with E-state index in [9.17, 15) is 9.59 Å². The standard InChI is InChI=1S/C13H9NO5/c15-12(14-4-3-9(6-14)13(16)17)8-1-2-10-11(5-8)19-7-18-10/h1-6H,7H2,(H,16,17). The Bertz CT molecular complexity index is 673. The molecule has 1 aliphatic rings. The lowest BCUT2D eigenvalue weighted by Crippen LogP contribution is -2.09. The molecule has 0 aliphatic carbocycles. The van der Waals surface area contributed by atoms with Gasteiger partial charge in [-0.2, -0.15) is 0 Å². The normalized spacial score (nSPS) is 12.4. The zero-order valence-electron chi connectivity index (χ0n) is 9.70. The predicted molar refractivity (Wildman–Crippen MR) is 63.7 cm³/mol. The van der Waals surface area contributed by atoms with Crippen LogP contribution in [0.15, 0.2) is 36.7 Å². The molecule has 0 unspecified atom stereocenters. The molecule has 0 spiro atoms. The lowest BCUT2D eigenvalue weighted by molar-refractivity contribution is 0.0697. The molecule has 0 fully saturated rings. The van der Waals surface area contributed by atoms with Gasteiger partial charge in [0.25, 0.3) is 5.91 Å². The van der Waals surface area contributed by atoms with Crippen LogP contribution in [0.5, 0.6) is 11.5 Å². The number of aromatic carboxylic acids is 1. The summed E-state index contributed by atoms with van der Waals surface area (Å²) in [6, 6.07) is 6.20. The topological polar surface area (TPSA) is 77.8 Å². The molecule has 1 N–H and O–H groups in total. The van der Waals surface area contributed by atoms with E-state index in [2.05, 4.69) is 0 Å². The first-order chi connectivity index (χ1) is 9.15. The highest BCUT2D eigenvalue weighted by atomic mass is 16.7. The number of carbonyl (C=O) groups is 2. The third kappa shape index (κ3) is 1.93. The largest absolute Gasteiger partial charge is 0.478 e. The minimum atomic E-state index is -1.07. The van der Waals surface area contributed by atoms with E-state index in [0.717, 1.165) is 0 Å². The summed E-state index contributed by atoms with van der Waals surface area (Å²) in [7, 11) is 0. The average Bonchev–Trinajstić information content (AvgIpc) is 3.06. The van der Waals surface area contributed by atoms with Crippen molar-refractivity contribution >= 4 is 11.9 Å². The van der Waals surface area contributed by atoms with E-state index in [1.54, 1.807) is 18.2 Å². The van der Waals surface area contributed by atoms with Crippen LogP contribution in [0.3, 0.4) is 0 Å². The number of ether oxygens (including phenoxy) is 2. The van der Waals surface area contributed by atoms with Crippen LogP contribution in [0, 0.1) is 0 Å². The monoisotopic (exact) mass is 259 g/mol. The van der Waals surface area contributed by atoms with Crippen molar-refractivity contribution in [2.45, 2.75) is 0 Å².